The Kier molecular flexibility index (Phi) is 3.62. The molecule has 0 saturated carbocycles. The van der Waals surface area contributed by atoms with Crippen molar-refractivity contribution in [3.63, 3.8) is 0 Å². The molecule has 6 heteroatoms. The van der Waals surface area contributed by atoms with Crippen LogP contribution in [0, 0.1) is 0 Å². The Morgan fingerprint density at radius 1 is 1.60 bits per heavy atom. The summed E-state index contributed by atoms with van der Waals surface area (Å²) in [6.07, 6.45) is -0.612. The number of anilines is 1. The third kappa shape index (κ3) is 2.66. The molecule has 0 aliphatic rings. The molecule has 0 heterocycles. The number of carbonyl (C=O) groups excluding carboxylic acids is 1. The zero-order valence-electron chi connectivity index (χ0n) is 8.34. The van der Waals surface area contributed by atoms with Crippen molar-refractivity contribution in [2.24, 2.45) is 11.7 Å². The zero-order chi connectivity index (χ0) is 11.4. The van der Waals surface area contributed by atoms with E-state index in [9.17, 15) is 9.90 Å². The fraction of sp³-hybridized carbons (Fsp3) is 0.222. The van der Waals surface area contributed by atoms with Gasteiger partial charge in [0.25, 0.3) is 0 Å². The molecular formula is C9H14N4O2. The molecule has 0 aliphatic carbocycles. The van der Waals surface area contributed by atoms with Gasteiger partial charge in [-0.1, -0.05) is 12.1 Å². The average Bonchev–Trinajstić information content (AvgIpc) is 2.27. The molecule has 6 N–H and O–H groups in total. The molecule has 0 fully saturated rings. The van der Waals surface area contributed by atoms with Gasteiger partial charge in [-0.2, -0.15) is 0 Å². The lowest BCUT2D eigenvalue weighted by Gasteiger charge is -2.17. The van der Waals surface area contributed by atoms with E-state index in [-0.39, 0.29) is 0 Å². The standard InChI is InChI=1S/C9H14N4O2/c1-6(14)7-3-2-4-8(5-7)13(11)9(15)12-10/h2-6,14H,10-11H2,1H3,(H,12,15). The Morgan fingerprint density at radius 2 is 2.27 bits per heavy atom. The lowest BCUT2D eigenvalue weighted by Crippen LogP contribution is -2.47. The Morgan fingerprint density at radius 3 is 2.80 bits per heavy atom. The number of benzene rings is 1. The first-order chi connectivity index (χ1) is 7.06. The van der Waals surface area contributed by atoms with Gasteiger partial charge in [-0.15, -0.1) is 0 Å². The third-order valence-corrected chi connectivity index (χ3v) is 1.97. The van der Waals surface area contributed by atoms with Gasteiger partial charge < -0.3 is 5.11 Å². The van der Waals surface area contributed by atoms with E-state index in [0.717, 1.165) is 5.01 Å². The first-order valence-electron chi connectivity index (χ1n) is 4.39. The first-order valence-corrected chi connectivity index (χ1v) is 4.39. The Hall–Kier alpha value is -1.63. The van der Waals surface area contributed by atoms with Crippen molar-refractivity contribution in [2.75, 3.05) is 5.01 Å². The van der Waals surface area contributed by atoms with Crippen molar-refractivity contribution < 1.29 is 9.90 Å². The van der Waals surface area contributed by atoms with Gasteiger partial charge >= 0.3 is 6.03 Å². The van der Waals surface area contributed by atoms with Gasteiger partial charge in [-0.05, 0) is 24.6 Å². The van der Waals surface area contributed by atoms with Crippen LogP contribution in [-0.2, 0) is 0 Å². The number of rotatable bonds is 2. The van der Waals surface area contributed by atoms with Crippen LogP contribution in [0.4, 0.5) is 10.5 Å². The van der Waals surface area contributed by atoms with Crippen molar-refractivity contribution in [1.82, 2.24) is 5.43 Å². The van der Waals surface area contributed by atoms with Crippen LogP contribution in [0.15, 0.2) is 24.3 Å². The van der Waals surface area contributed by atoms with E-state index in [1.54, 1.807) is 31.2 Å². The van der Waals surface area contributed by atoms with Crippen molar-refractivity contribution in [2.45, 2.75) is 13.0 Å². The molecule has 0 radical (unpaired) electrons. The minimum absolute atomic E-state index is 0.455. The van der Waals surface area contributed by atoms with Crippen LogP contribution in [0.5, 0.6) is 0 Å². The minimum Gasteiger partial charge on any atom is -0.389 e. The van der Waals surface area contributed by atoms with E-state index in [1.807, 2.05) is 5.43 Å². The molecule has 0 aromatic heterocycles. The quantitative estimate of drug-likeness (QED) is 0.313. The number of aliphatic hydroxyl groups is 1. The Labute approximate surface area is 87.4 Å². The smallest absolute Gasteiger partial charge is 0.350 e. The van der Waals surface area contributed by atoms with Gasteiger partial charge in [-0.25, -0.2) is 21.5 Å². The highest BCUT2D eigenvalue weighted by molar-refractivity contribution is 5.90. The van der Waals surface area contributed by atoms with Crippen molar-refractivity contribution in [3.05, 3.63) is 29.8 Å². The van der Waals surface area contributed by atoms with Gasteiger partial charge in [0.2, 0.25) is 0 Å². The fourth-order valence-electron chi connectivity index (χ4n) is 1.12. The molecule has 0 saturated heterocycles. The summed E-state index contributed by atoms with van der Waals surface area (Å²) in [5.74, 6) is 10.4. The summed E-state index contributed by atoms with van der Waals surface area (Å²) < 4.78 is 0. The maximum Gasteiger partial charge on any atom is 0.350 e. The van der Waals surface area contributed by atoms with E-state index >= 15 is 0 Å². The number of urea groups is 1. The summed E-state index contributed by atoms with van der Waals surface area (Å²) in [7, 11) is 0. The van der Waals surface area contributed by atoms with Crippen LogP contribution in [0.1, 0.15) is 18.6 Å². The van der Waals surface area contributed by atoms with Crippen LogP contribution in [-0.4, -0.2) is 11.1 Å². The van der Waals surface area contributed by atoms with E-state index in [0.29, 0.717) is 11.3 Å². The average molecular weight is 210 g/mol. The number of nitrogens with one attached hydrogen (secondary N) is 1. The second-order valence-corrected chi connectivity index (χ2v) is 3.09. The van der Waals surface area contributed by atoms with E-state index < -0.39 is 12.1 Å². The second-order valence-electron chi connectivity index (χ2n) is 3.09. The fourth-order valence-corrected chi connectivity index (χ4v) is 1.12. The van der Waals surface area contributed by atoms with Gasteiger partial charge in [0, 0.05) is 0 Å². The van der Waals surface area contributed by atoms with Crippen molar-refractivity contribution >= 4 is 11.7 Å². The number of hydrazine groups is 2. The molecule has 0 bridgehead atoms. The largest absolute Gasteiger partial charge is 0.389 e. The maximum absolute atomic E-state index is 11.1. The molecule has 1 atom stereocenters. The number of hydrogen-bond donors (Lipinski definition) is 4. The monoisotopic (exact) mass is 210 g/mol. The topological polar surface area (TPSA) is 105 Å². The summed E-state index contributed by atoms with van der Waals surface area (Å²) in [6, 6.07) is 6.06. The second kappa shape index (κ2) is 4.74. The number of carbonyl (C=O) groups is 1. The summed E-state index contributed by atoms with van der Waals surface area (Å²) in [6.45, 7) is 1.63. The van der Waals surface area contributed by atoms with Gasteiger partial charge in [-0.3, -0.25) is 5.43 Å². The number of nitrogens with zero attached hydrogens (tertiary/aromatic N) is 1. The molecule has 82 valence electrons. The number of hydrogen-bond acceptors (Lipinski definition) is 4. The van der Waals surface area contributed by atoms with Crippen LogP contribution >= 0.6 is 0 Å². The zero-order valence-corrected chi connectivity index (χ0v) is 8.34. The van der Waals surface area contributed by atoms with Gasteiger partial charge in [0.1, 0.15) is 0 Å². The Bertz CT molecular complexity index is 354. The van der Waals surface area contributed by atoms with Crippen LogP contribution in [0.25, 0.3) is 0 Å². The van der Waals surface area contributed by atoms with Crippen molar-refractivity contribution in [3.8, 4) is 0 Å². The van der Waals surface area contributed by atoms with E-state index in [1.165, 1.54) is 0 Å². The normalized spacial score (nSPS) is 12.0. The van der Waals surface area contributed by atoms with E-state index in [2.05, 4.69) is 0 Å². The molecule has 0 spiro atoms. The SMILES string of the molecule is CC(O)c1cccc(N(N)C(=O)NN)c1. The molecule has 2 amide bonds. The summed E-state index contributed by atoms with van der Waals surface area (Å²) >= 11 is 0. The molecule has 1 rings (SSSR count). The van der Waals surface area contributed by atoms with Crippen LogP contribution in [0.2, 0.25) is 0 Å². The highest BCUT2D eigenvalue weighted by Crippen LogP contribution is 2.18. The first kappa shape index (κ1) is 11.4. The highest BCUT2D eigenvalue weighted by Gasteiger charge is 2.11. The maximum atomic E-state index is 11.1. The molecule has 1 aromatic rings. The van der Waals surface area contributed by atoms with Gasteiger partial charge in [0.05, 0.1) is 11.8 Å². The molecule has 0 aliphatic heterocycles. The molecule has 1 aromatic carbocycles. The van der Waals surface area contributed by atoms with Crippen LogP contribution in [0.3, 0.4) is 0 Å². The van der Waals surface area contributed by atoms with E-state index in [4.69, 9.17) is 11.7 Å². The van der Waals surface area contributed by atoms with Crippen molar-refractivity contribution in [1.29, 1.82) is 0 Å². The summed E-state index contributed by atoms with van der Waals surface area (Å²) in [4.78, 5) is 11.1. The molecular weight excluding hydrogens is 196 g/mol. The third-order valence-electron chi connectivity index (χ3n) is 1.97. The van der Waals surface area contributed by atoms with Crippen LogP contribution < -0.4 is 22.1 Å². The summed E-state index contributed by atoms with van der Waals surface area (Å²) in [5, 5.41) is 10.2. The minimum atomic E-state index is -0.627. The highest BCUT2D eigenvalue weighted by atomic mass is 16.3. The predicted molar refractivity (Wildman–Crippen MR) is 56.5 cm³/mol. The number of nitrogens with two attached hydrogens (primary N) is 2. The Balaban J connectivity index is 2.95. The van der Waals surface area contributed by atoms with Gasteiger partial charge in [0.15, 0.2) is 0 Å². The number of amides is 2. The number of aliphatic hydroxyl groups excluding tert-OH is 1. The molecule has 1 unspecified atom stereocenters. The lowest BCUT2D eigenvalue weighted by atomic mass is 10.1. The summed E-state index contributed by atoms with van der Waals surface area (Å²) in [5.41, 5.74) is 3.04. The predicted octanol–water partition coefficient (Wildman–Crippen LogP) is 0.00330. The lowest BCUT2D eigenvalue weighted by molar-refractivity contribution is 0.199. The molecule has 6 nitrogen and oxygen atoms in total. The molecule has 15 heavy (non-hydrogen) atoms.